The van der Waals surface area contributed by atoms with Gasteiger partial charge in [0, 0.05) is 0 Å². The van der Waals surface area contributed by atoms with Crippen molar-refractivity contribution in [1.29, 1.82) is 0 Å². The minimum Gasteiger partial charge on any atom is -0.339 e. The molecule has 0 fully saturated rings. The SMILES string of the molecule is [CH2-]C(=O)CCc1ccccc1.[CH2-]Cc1ccccc1.[K+]. The van der Waals surface area contributed by atoms with Gasteiger partial charge in [-0.15, -0.1) is 0 Å². The maximum Gasteiger partial charge on any atom is 1.00 e. The van der Waals surface area contributed by atoms with E-state index in [0.717, 1.165) is 12.8 Å². The Morgan fingerprint density at radius 1 is 0.850 bits per heavy atom. The first-order valence-corrected chi connectivity index (χ1v) is 6.44. The summed E-state index contributed by atoms with van der Waals surface area (Å²) in [7, 11) is 0. The second-order valence-corrected chi connectivity index (χ2v) is 4.26. The van der Waals surface area contributed by atoms with Crippen LogP contribution in [0, 0.1) is 13.8 Å². The van der Waals surface area contributed by atoms with E-state index in [9.17, 15) is 4.79 Å². The minimum atomic E-state index is 0. The van der Waals surface area contributed by atoms with E-state index in [2.05, 4.69) is 26.0 Å². The molecule has 0 radical (unpaired) electrons. The fraction of sp³-hybridized carbons (Fsp3) is 0.167. The molecule has 0 bridgehead atoms. The summed E-state index contributed by atoms with van der Waals surface area (Å²) in [6.45, 7) is 7.07. The topological polar surface area (TPSA) is 17.1 Å². The van der Waals surface area contributed by atoms with Crippen LogP contribution < -0.4 is 51.4 Å². The predicted octanol–water partition coefficient (Wildman–Crippen LogP) is 1.09. The van der Waals surface area contributed by atoms with Crippen LogP contribution in [0.4, 0.5) is 0 Å². The Morgan fingerprint density at radius 3 is 1.65 bits per heavy atom. The van der Waals surface area contributed by atoms with Crippen molar-refractivity contribution in [2.75, 3.05) is 0 Å². The van der Waals surface area contributed by atoms with E-state index in [1.54, 1.807) is 0 Å². The van der Waals surface area contributed by atoms with Crippen LogP contribution in [0.5, 0.6) is 0 Å². The largest absolute Gasteiger partial charge is 1.00 e. The van der Waals surface area contributed by atoms with E-state index in [1.807, 2.05) is 48.5 Å². The van der Waals surface area contributed by atoms with E-state index >= 15 is 0 Å². The van der Waals surface area contributed by atoms with Crippen LogP contribution in [0.15, 0.2) is 60.7 Å². The standard InChI is InChI=1S/C10H11O.C8H9.K/c1-9(11)7-8-10-5-3-2-4-6-10;1-2-8-6-4-3-5-7-8;/h2-6H,1,7-8H2;3-7H,1-2H2;/q2*-1;+1. The molecule has 0 aliphatic carbocycles. The molecule has 0 unspecified atom stereocenters. The Kier molecular flexibility index (Phi) is 12.1. The number of Topliss-reactive ketones (excluding diaryl/α,β-unsaturated/α-hetero) is 1. The maximum absolute atomic E-state index is 10.5. The third-order valence-corrected chi connectivity index (χ3v) is 2.67. The molecular formula is C18H20KO-. The van der Waals surface area contributed by atoms with Gasteiger partial charge in [-0.1, -0.05) is 66.2 Å². The molecule has 0 aliphatic rings. The summed E-state index contributed by atoms with van der Waals surface area (Å²) in [6.07, 6.45) is 2.24. The predicted molar refractivity (Wildman–Crippen MR) is 80.6 cm³/mol. The van der Waals surface area contributed by atoms with Crippen molar-refractivity contribution in [2.24, 2.45) is 0 Å². The van der Waals surface area contributed by atoms with Gasteiger partial charge in [0.25, 0.3) is 0 Å². The molecule has 0 aliphatic heterocycles. The smallest absolute Gasteiger partial charge is 0.339 e. The molecule has 2 aromatic rings. The summed E-state index contributed by atoms with van der Waals surface area (Å²) in [5, 5.41) is 0. The van der Waals surface area contributed by atoms with Crippen molar-refractivity contribution >= 4 is 5.78 Å². The van der Waals surface area contributed by atoms with Crippen molar-refractivity contribution in [3.63, 3.8) is 0 Å². The fourth-order valence-corrected chi connectivity index (χ4v) is 1.57. The molecule has 0 amide bonds. The van der Waals surface area contributed by atoms with Crippen molar-refractivity contribution in [3.05, 3.63) is 85.6 Å². The molecule has 0 aromatic heterocycles. The van der Waals surface area contributed by atoms with Gasteiger partial charge >= 0.3 is 51.4 Å². The average molecular weight is 291 g/mol. The molecule has 0 saturated heterocycles. The molecule has 2 aromatic carbocycles. The quantitative estimate of drug-likeness (QED) is 0.609. The third-order valence-electron chi connectivity index (χ3n) is 2.67. The first kappa shape index (κ1) is 19.6. The van der Waals surface area contributed by atoms with E-state index in [0.29, 0.717) is 6.42 Å². The van der Waals surface area contributed by atoms with E-state index in [1.165, 1.54) is 11.1 Å². The second kappa shape index (κ2) is 12.4. The van der Waals surface area contributed by atoms with Gasteiger partial charge in [-0.25, -0.2) is 0 Å². The Bertz CT molecular complexity index is 465. The van der Waals surface area contributed by atoms with Crippen molar-refractivity contribution in [3.8, 4) is 0 Å². The Hall–Kier alpha value is -0.384. The van der Waals surface area contributed by atoms with Gasteiger partial charge in [0.2, 0.25) is 0 Å². The number of carbonyl (C=O) groups excluding carboxylic acids is 1. The van der Waals surface area contributed by atoms with Gasteiger partial charge in [0.05, 0.1) is 0 Å². The van der Waals surface area contributed by atoms with Crippen molar-refractivity contribution < 1.29 is 56.2 Å². The summed E-state index contributed by atoms with van der Waals surface area (Å²) in [5.41, 5.74) is 2.50. The molecule has 2 rings (SSSR count). The number of hydrogen-bond donors (Lipinski definition) is 0. The van der Waals surface area contributed by atoms with Crippen molar-refractivity contribution in [2.45, 2.75) is 19.3 Å². The molecular weight excluding hydrogens is 271 g/mol. The molecule has 1 nitrogen and oxygen atoms in total. The van der Waals surface area contributed by atoms with Gasteiger partial charge in [0.1, 0.15) is 0 Å². The van der Waals surface area contributed by atoms with Gasteiger partial charge in [0.15, 0.2) is 0 Å². The van der Waals surface area contributed by atoms with E-state index in [-0.39, 0.29) is 57.2 Å². The van der Waals surface area contributed by atoms with Crippen LogP contribution in [0.3, 0.4) is 0 Å². The zero-order chi connectivity index (χ0) is 13.9. The molecule has 0 spiro atoms. The molecule has 100 valence electrons. The zero-order valence-electron chi connectivity index (χ0n) is 12.2. The number of benzene rings is 2. The third kappa shape index (κ3) is 9.51. The minimum absolute atomic E-state index is 0. The van der Waals surface area contributed by atoms with E-state index < -0.39 is 0 Å². The second-order valence-electron chi connectivity index (χ2n) is 4.26. The molecule has 0 heterocycles. The monoisotopic (exact) mass is 291 g/mol. The van der Waals surface area contributed by atoms with Crippen LogP contribution in [0.1, 0.15) is 17.5 Å². The summed E-state index contributed by atoms with van der Waals surface area (Å²) in [5.74, 6) is 0.00820. The first-order chi connectivity index (χ1) is 9.22. The number of rotatable bonds is 4. The van der Waals surface area contributed by atoms with Crippen LogP contribution in [-0.4, -0.2) is 5.78 Å². The zero-order valence-corrected chi connectivity index (χ0v) is 15.3. The van der Waals surface area contributed by atoms with E-state index in [4.69, 9.17) is 0 Å². The molecule has 20 heavy (non-hydrogen) atoms. The van der Waals surface area contributed by atoms with Crippen molar-refractivity contribution in [1.82, 2.24) is 0 Å². The van der Waals surface area contributed by atoms with Crippen LogP contribution in [0.2, 0.25) is 0 Å². The molecule has 0 saturated carbocycles. The number of carbonyl (C=O) groups is 1. The summed E-state index contributed by atoms with van der Waals surface area (Å²) >= 11 is 0. The maximum atomic E-state index is 10.5. The number of hydrogen-bond acceptors (Lipinski definition) is 1. The van der Waals surface area contributed by atoms with Crippen LogP contribution in [0.25, 0.3) is 0 Å². The fourth-order valence-electron chi connectivity index (χ4n) is 1.57. The molecule has 0 N–H and O–H groups in total. The molecule has 2 heteroatoms. The van der Waals surface area contributed by atoms with Gasteiger partial charge < -0.3 is 18.6 Å². The summed E-state index contributed by atoms with van der Waals surface area (Å²) in [6, 6.07) is 20.2. The Labute approximate surface area is 165 Å². The number of aryl methyl sites for hydroxylation is 1. The first-order valence-electron chi connectivity index (χ1n) is 6.44. The Morgan fingerprint density at radius 2 is 1.30 bits per heavy atom. The summed E-state index contributed by atoms with van der Waals surface area (Å²) in [4.78, 5) is 10.5. The summed E-state index contributed by atoms with van der Waals surface area (Å²) < 4.78 is 0. The average Bonchev–Trinajstić information content (AvgIpc) is 2.48. The Balaban J connectivity index is 0.000000359. The molecule has 0 atom stereocenters. The van der Waals surface area contributed by atoms with Gasteiger partial charge in [-0.05, 0) is 24.2 Å². The van der Waals surface area contributed by atoms with Gasteiger partial charge in [-0.2, -0.15) is 6.42 Å². The van der Waals surface area contributed by atoms with Crippen LogP contribution in [-0.2, 0) is 17.6 Å². The van der Waals surface area contributed by atoms with Gasteiger partial charge in [-0.3, -0.25) is 0 Å². The normalized spacial score (nSPS) is 8.85. The van der Waals surface area contributed by atoms with Crippen LogP contribution >= 0.6 is 0 Å². The number of ketones is 1.